The van der Waals surface area contributed by atoms with Gasteiger partial charge >= 0.3 is 0 Å². The average molecular weight is 134 g/mol. The molecule has 1 radical (unpaired) electrons. The Balaban J connectivity index is 2.98. The van der Waals surface area contributed by atoms with Crippen LogP contribution in [-0.4, -0.2) is 6.29 Å². The normalized spacial score (nSPS) is 9.30. The third-order valence-corrected chi connectivity index (χ3v) is 1.28. The molecule has 2 N–H and O–H groups in total. The maximum absolute atomic E-state index is 10.1. The third-order valence-electron chi connectivity index (χ3n) is 1.28. The molecule has 2 heteroatoms. The predicted octanol–water partition coefficient (Wildman–Crippen LogP) is 0.603. The summed E-state index contributed by atoms with van der Waals surface area (Å²) in [4.78, 5) is 10.1. The number of hydrogen-bond acceptors (Lipinski definition) is 2. The van der Waals surface area contributed by atoms with Crippen LogP contribution in [0.25, 0.3) is 0 Å². The Bertz CT molecular complexity index is 232. The molecule has 10 heavy (non-hydrogen) atoms. The van der Waals surface area contributed by atoms with Crippen LogP contribution >= 0.6 is 0 Å². The summed E-state index contributed by atoms with van der Waals surface area (Å²) in [5, 5.41) is 0. The Hall–Kier alpha value is -1.15. The van der Waals surface area contributed by atoms with Crippen LogP contribution in [0.15, 0.2) is 24.3 Å². The largest absolute Gasteiger partial charge is 0.326 e. The van der Waals surface area contributed by atoms with Gasteiger partial charge in [-0.25, -0.2) is 0 Å². The molecule has 0 fully saturated rings. The average Bonchev–Trinajstić information content (AvgIpc) is 2.05. The van der Waals surface area contributed by atoms with Gasteiger partial charge in [-0.3, -0.25) is 4.79 Å². The minimum absolute atomic E-state index is 0.468. The molecule has 0 spiro atoms. The number of benzene rings is 1. The zero-order valence-corrected chi connectivity index (χ0v) is 5.50. The molecule has 1 aromatic rings. The molecule has 0 bridgehead atoms. The van der Waals surface area contributed by atoms with Gasteiger partial charge in [0.05, 0.1) is 0 Å². The van der Waals surface area contributed by atoms with E-state index < -0.39 is 0 Å². The fourth-order valence-corrected chi connectivity index (χ4v) is 0.762. The molecule has 0 saturated carbocycles. The Morgan fingerprint density at radius 3 is 2.90 bits per heavy atom. The molecule has 0 saturated heterocycles. The second-order valence-corrected chi connectivity index (χ2v) is 2.01. The molecule has 0 aliphatic carbocycles. The van der Waals surface area contributed by atoms with Gasteiger partial charge in [-0.15, -0.1) is 0 Å². The van der Waals surface area contributed by atoms with Crippen molar-refractivity contribution < 1.29 is 4.79 Å². The van der Waals surface area contributed by atoms with Crippen molar-refractivity contribution in [1.82, 2.24) is 0 Å². The summed E-state index contributed by atoms with van der Waals surface area (Å²) in [6, 6.07) is 7.10. The summed E-state index contributed by atoms with van der Waals surface area (Å²) in [5.41, 5.74) is 6.86. The molecule has 0 aliphatic heterocycles. The molecule has 0 amide bonds. The van der Waals surface area contributed by atoms with Crippen LogP contribution in [-0.2, 0) is 11.3 Å². The van der Waals surface area contributed by atoms with Gasteiger partial charge < -0.3 is 5.73 Å². The highest BCUT2D eigenvalue weighted by Gasteiger charge is 1.91. The fraction of sp³-hybridized carbons (Fsp3) is 0.125. The quantitative estimate of drug-likeness (QED) is 0.643. The van der Waals surface area contributed by atoms with Crippen molar-refractivity contribution in [1.29, 1.82) is 0 Å². The number of nitrogens with two attached hydrogens (primary N) is 1. The highest BCUT2D eigenvalue weighted by Crippen LogP contribution is 2.00. The van der Waals surface area contributed by atoms with Crippen molar-refractivity contribution in [2.24, 2.45) is 5.73 Å². The molecule has 0 unspecified atom stereocenters. The summed E-state index contributed by atoms with van der Waals surface area (Å²) < 4.78 is 0. The lowest BCUT2D eigenvalue weighted by atomic mass is 10.1. The van der Waals surface area contributed by atoms with Crippen molar-refractivity contribution in [3.05, 3.63) is 35.4 Å². The van der Waals surface area contributed by atoms with Crippen LogP contribution in [0.2, 0.25) is 0 Å². The smallest absolute Gasteiger partial charge is 0.233 e. The van der Waals surface area contributed by atoms with Gasteiger partial charge in [0.1, 0.15) is 0 Å². The van der Waals surface area contributed by atoms with E-state index >= 15 is 0 Å². The number of carbonyl (C=O) groups excluding carboxylic acids is 1. The molecule has 1 rings (SSSR count). The fourth-order valence-electron chi connectivity index (χ4n) is 0.762. The van der Waals surface area contributed by atoms with Gasteiger partial charge in [-0.05, 0) is 11.6 Å². The zero-order valence-electron chi connectivity index (χ0n) is 5.50. The minimum Gasteiger partial charge on any atom is -0.326 e. The van der Waals surface area contributed by atoms with Gasteiger partial charge in [0.25, 0.3) is 0 Å². The van der Waals surface area contributed by atoms with Crippen LogP contribution in [0.5, 0.6) is 0 Å². The predicted molar refractivity (Wildman–Crippen MR) is 39.1 cm³/mol. The maximum Gasteiger partial charge on any atom is 0.233 e. The summed E-state index contributed by atoms with van der Waals surface area (Å²) in [6.45, 7) is 0.468. The lowest BCUT2D eigenvalue weighted by molar-refractivity contribution is 0.562. The second kappa shape index (κ2) is 3.13. The molecular weight excluding hydrogens is 126 g/mol. The van der Waals surface area contributed by atoms with Crippen LogP contribution < -0.4 is 5.73 Å². The molecule has 0 atom stereocenters. The molecule has 0 heterocycles. The van der Waals surface area contributed by atoms with Crippen LogP contribution in [0.4, 0.5) is 0 Å². The molecule has 1 aromatic carbocycles. The minimum atomic E-state index is 0.468. The van der Waals surface area contributed by atoms with Gasteiger partial charge in [0, 0.05) is 12.1 Å². The lowest BCUT2D eigenvalue weighted by Gasteiger charge is -1.94. The van der Waals surface area contributed by atoms with Crippen LogP contribution in [0, 0.1) is 0 Å². The Kier molecular flexibility index (Phi) is 2.18. The van der Waals surface area contributed by atoms with E-state index in [1.54, 1.807) is 24.5 Å². The first-order valence-corrected chi connectivity index (χ1v) is 3.04. The van der Waals surface area contributed by atoms with Crippen molar-refractivity contribution in [2.45, 2.75) is 6.54 Å². The maximum atomic E-state index is 10.1. The Morgan fingerprint density at radius 1 is 1.50 bits per heavy atom. The standard InChI is InChI=1S/C8H8NO/c9-5-7-2-1-3-8(4-7)6-10/h1-4H,5,9H2. The van der Waals surface area contributed by atoms with E-state index in [2.05, 4.69) is 0 Å². The summed E-state index contributed by atoms with van der Waals surface area (Å²) in [6.07, 6.45) is 1.80. The highest BCUT2D eigenvalue weighted by atomic mass is 16.1. The molecule has 0 aliphatic rings. The van der Waals surface area contributed by atoms with Crippen LogP contribution in [0.1, 0.15) is 11.1 Å². The highest BCUT2D eigenvalue weighted by molar-refractivity contribution is 5.75. The van der Waals surface area contributed by atoms with E-state index in [4.69, 9.17) is 5.73 Å². The second-order valence-electron chi connectivity index (χ2n) is 2.01. The number of rotatable bonds is 2. The van der Waals surface area contributed by atoms with Crippen molar-refractivity contribution >= 4 is 6.29 Å². The van der Waals surface area contributed by atoms with E-state index in [1.165, 1.54) is 0 Å². The third kappa shape index (κ3) is 1.42. The van der Waals surface area contributed by atoms with E-state index in [9.17, 15) is 4.79 Å². The number of hydrogen-bond donors (Lipinski definition) is 1. The van der Waals surface area contributed by atoms with Crippen LogP contribution in [0.3, 0.4) is 0 Å². The first kappa shape index (κ1) is 6.96. The van der Waals surface area contributed by atoms with E-state index in [1.807, 2.05) is 6.07 Å². The SMILES string of the molecule is NCc1cccc([C]=O)c1. The van der Waals surface area contributed by atoms with E-state index in [0.29, 0.717) is 12.1 Å². The van der Waals surface area contributed by atoms with E-state index in [0.717, 1.165) is 5.56 Å². The van der Waals surface area contributed by atoms with Gasteiger partial charge in [0.15, 0.2) is 0 Å². The summed E-state index contributed by atoms with van der Waals surface area (Å²) >= 11 is 0. The molecule has 51 valence electrons. The summed E-state index contributed by atoms with van der Waals surface area (Å²) in [7, 11) is 0. The summed E-state index contributed by atoms with van der Waals surface area (Å²) in [5.74, 6) is 0. The first-order valence-electron chi connectivity index (χ1n) is 3.04. The van der Waals surface area contributed by atoms with Crippen molar-refractivity contribution in [3.8, 4) is 0 Å². The molecule has 2 nitrogen and oxygen atoms in total. The van der Waals surface area contributed by atoms with Gasteiger partial charge in [-0.1, -0.05) is 18.2 Å². The lowest BCUT2D eigenvalue weighted by Crippen LogP contribution is -1.96. The molecule has 0 aromatic heterocycles. The van der Waals surface area contributed by atoms with Crippen molar-refractivity contribution in [2.75, 3.05) is 0 Å². The monoisotopic (exact) mass is 134 g/mol. The zero-order chi connectivity index (χ0) is 7.40. The molecular formula is C8H8NO. The van der Waals surface area contributed by atoms with Crippen molar-refractivity contribution in [3.63, 3.8) is 0 Å². The van der Waals surface area contributed by atoms with Gasteiger partial charge in [0.2, 0.25) is 6.29 Å². The Morgan fingerprint density at radius 2 is 2.30 bits per heavy atom. The first-order chi connectivity index (χ1) is 4.86. The topological polar surface area (TPSA) is 43.1 Å². The Labute approximate surface area is 59.7 Å². The van der Waals surface area contributed by atoms with Gasteiger partial charge in [-0.2, -0.15) is 0 Å². The van der Waals surface area contributed by atoms with E-state index in [-0.39, 0.29) is 0 Å².